The van der Waals surface area contributed by atoms with Gasteiger partial charge >= 0.3 is 6.09 Å². The van der Waals surface area contributed by atoms with Crippen LogP contribution in [0.3, 0.4) is 0 Å². The Balaban J connectivity index is 0.00000312. The van der Waals surface area contributed by atoms with Gasteiger partial charge in [0.1, 0.15) is 0 Å². The highest BCUT2D eigenvalue weighted by atomic mass is 127. The number of aromatic nitrogens is 1. The molecule has 1 amide bonds. The molecule has 0 radical (unpaired) electrons. The van der Waals surface area contributed by atoms with E-state index in [0.29, 0.717) is 26.2 Å². The van der Waals surface area contributed by atoms with E-state index in [-0.39, 0.29) is 30.1 Å². The predicted octanol–water partition coefficient (Wildman–Crippen LogP) is 2.35. The monoisotopic (exact) mass is 481 g/mol. The first-order valence-corrected chi connectivity index (χ1v) is 9.32. The van der Waals surface area contributed by atoms with Gasteiger partial charge in [-0.2, -0.15) is 0 Å². The number of aryl methyl sites for hydroxylation is 1. The molecule has 142 valence electrons. The molecule has 1 fully saturated rings. The second kappa shape index (κ2) is 11.5. The van der Waals surface area contributed by atoms with Crippen molar-refractivity contribution in [3.05, 3.63) is 16.1 Å². The molecule has 1 aliphatic rings. The second-order valence-electron chi connectivity index (χ2n) is 5.52. The molecule has 0 bridgehead atoms. The highest BCUT2D eigenvalue weighted by molar-refractivity contribution is 14.0. The van der Waals surface area contributed by atoms with Gasteiger partial charge in [0, 0.05) is 56.8 Å². The lowest BCUT2D eigenvalue weighted by Crippen LogP contribution is -2.54. The summed E-state index contributed by atoms with van der Waals surface area (Å²) in [5.41, 5.74) is 0. The summed E-state index contributed by atoms with van der Waals surface area (Å²) >= 11 is 1.72. The lowest BCUT2D eigenvalue weighted by molar-refractivity contribution is 0.0914. The van der Waals surface area contributed by atoms with E-state index >= 15 is 0 Å². The van der Waals surface area contributed by atoms with Gasteiger partial charge in [-0.15, -0.1) is 35.3 Å². The van der Waals surface area contributed by atoms with Gasteiger partial charge in [0.25, 0.3) is 0 Å². The number of amides is 1. The van der Waals surface area contributed by atoms with Crippen LogP contribution in [-0.2, 0) is 11.2 Å². The van der Waals surface area contributed by atoms with Crippen molar-refractivity contribution in [3.63, 3.8) is 0 Å². The first-order valence-electron chi connectivity index (χ1n) is 8.50. The lowest BCUT2D eigenvalue weighted by Gasteiger charge is -2.35. The smallest absolute Gasteiger partial charge is 0.409 e. The molecule has 2 heterocycles. The number of nitrogens with one attached hydrogen (secondary N) is 1. The van der Waals surface area contributed by atoms with E-state index < -0.39 is 0 Å². The van der Waals surface area contributed by atoms with Crippen LogP contribution in [0, 0.1) is 6.92 Å². The van der Waals surface area contributed by atoms with Gasteiger partial charge in [0.15, 0.2) is 5.96 Å². The highest BCUT2D eigenvalue weighted by Crippen LogP contribution is 2.11. The second-order valence-corrected chi connectivity index (χ2v) is 6.84. The Morgan fingerprint density at radius 1 is 1.32 bits per heavy atom. The molecule has 0 spiro atoms. The Hall–Kier alpha value is -1.10. The molecule has 0 unspecified atom stereocenters. The third kappa shape index (κ3) is 6.96. The van der Waals surface area contributed by atoms with E-state index in [1.54, 1.807) is 16.2 Å². The van der Waals surface area contributed by atoms with E-state index in [0.717, 1.165) is 37.0 Å². The molecular formula is C16H28IN5O2S. The van der Waals surface area contributed by atoms with Crippen LogP contribution in [0.15, 0.2) is 11.2 Å². The number of carbonyl (C=O) groups is 1. The minimum atomic E-state index is -0.224. The molecule has 1 aromatic heterocycles. The molecule has 1 saturated heterocycles. The van der Waals surface area contributed by atoms with Crippen LogP contribution in [-0.4, -0.2) is 72.7 Å². The molecular weight excluding hydrogens is 453 g/mol. The Labute approximate surface area is 170 Å². The number of hydrogen-bond donors (Lipinski definition) is 1. The Morgan fingerprint density at radius 2 is 2.00 bits per heavy atom. The van der Waals surface area contributed by atoms with Crippen molar-refractivity contribution in [2.75, 3.05) is 45.9 Å². The number of ether oxygens (including phenoxy) is 1. The van der Waals surface area contributed by atoms with E-state index in [2.05, 4.69) is 29.0 Å². The first kappa shape index (κ1) is 21.9. The summed E-state index contributed by atoms with van der Waals surface area (Å²) in [6.45, 7) is 10.8. The fourth-order valence-electron chi connectivity index (χ4n) is 2.52. The molecule has 0 aliphatic carbocycles. The molecule has 0 saturated carbocycles. The maximum absolute atomic E-state index is 11.8. The van der Waals surface area contributed by atoms with E-state index in [4.69, 9.17) is 9.73 Å². The van der Waals surface area contributed by atoms with Gasteiger partial charge in [-0.3, -0.25) is 4.99 Å². The van der Waals surface area contributed by atoms with Crippen LogP contribution < -0.4 is 5.32 Å². The molecule has 25 heavy (non-hydrogen) atoms. The highest BCUT2D eigenvalue weighted by Gasteiger charge is 2.23. The van der Waals surface area contributed by atoms with Crippen molar-refractivity contribution >= 4 is 47.4 Å². The van der Waals surface area contributed by atoms with Gasteiger partial charge in [-0.05, 0) is 20.8 Å². The standard InChI is InChI=1S/C16H27N5O2S.HI/c1-4-17-15(18-7-6-14-19-12-13(3)24-14)20-8-10-21(11-9-20)16(22)23-5-2;/h12H,4-11H2,1-3H3,(H,17,18);1H. The summed E-state index contributed by atoms with van der Waals surface area (Å²) in [5.74, 6) is 0.911. The third-order valence-corrected chi connectivity index (χ3v) is 4.67. The van der Waals surface area contributed by atoms with Crippen molar-refractivity contribution in [1.82, 2.24) is 20.1 Å². The number of aliphatic imine (C=N–C) groups is 1. The molecule has 1 aromatic rings. The minimum Gasteiger partial charge on any atom is -0.450 e. The van der Waals surface area contributed by atoms with Gasteiger partial charge in [-0.25, -0.2) is 9.78 Å². The number of nitrogens with zero attached hydrogens (tertiary/aromatic N) is 4. The lowest BCUT2D eigenvalue weighted by atomic mass is 10.3. The fourth-order valence-corrected chi connectivity index (χ4v) is 3.29. The van der Waals surface area contributed by atoms with Crippen molar-refractivity contribution in [1.29, 1.82) is 0 Å². The van der Waals surface area contributed by atoms with Crippen LogP contribution in [0.4, 0.5) is 4.79 Å². The van der Waals surface area contributed by atoms with Gasteiger partial charge < -0.3 is 19.9 Å². The largest absolute Gasteiger partial charge is 0.450 e. The van der Waals surface area contributed by atoms with E-state index in [1.165, 1.54) is 4.88 Å². The molecule has 1 aliphatic heterocycles. The van der Waals surface area contributed by atoms with Crippen molar-refractivity contribution < 1.29 is 9.53 Å². The van der Waals surface area contributed by atoms with Gasteiger partial charge in [0.2, 0.25) is 0 Å². The number of piperazine rings is 1. The maximum atomic E-state index is 11.8. The third-order valence-electron chi connectivity index (χ3n) is 3.70. The van der Waals surface area contributed by atoms with Crippen molar-refractivity contribution in [2.45, 2.75) is 27.2 Å². The average molecular weight is 481 g/mol. The zero-order chi connectivity index (χ0) is 17.4. The number of halogens is 1. The topological polar surface area (TPSA) is 70.1 Å². The summed E-state index contributed by atoms with van der Waals surface area (Å²) in [4.78, 5) is 26.0. The minimum absolute atomic E-state index is 0. The first-order chi connectivity index (χ1) is 11.6. The SMILES string of the molecule is CCNC(=NCCc1ncc(C)s1)N1CCN(C(=O)OCC)CC1.I. The number of thiazole rings is 1. The molecule has 7 nitrogen and oxygen atoms in total. The zero-order valence-corrected chi connectivity index (χ0v) is 18.3. The quantitative estimate of drug-likeness (QED) is 0.397. The summed E-state index contributed by atoms with van der Waals surface area (Å²) in [5, 5.41) is 4.46. The normalized spacial score (nSPS) is 14.9. The summed E-state index contributed by atoms with van der Waals surface area (Å²) < 4.78 is 5.06. The van der Waals surface area contributed by atoms with Gasteiger partial charge in [-0.1, -0.05) is 0 Å². The molecule has 9 heteroatoms. The van der Waals surface area contributed by atoms with Crippen LogP contribution in [0.2, 0.25) is 0 Å². The summed E-state index contributed by atoms with van der Waals surface area (Å²) in [6.07, 6.45) is 2.54. The van der Waals surface area contributed by atoms with Crippen LogP contribution in [0.25, 0.3) is 0 Å². The number of hydrogen-bond acceptors (Lipinski definition) is 5. The van der Waals surface area contributed by atoms with E-state index in [1.807, 2.05) is 13.1 Å². The average Bonchev–Trinajstić information content (AvgIpc) is 3.00. The summed E-state index contributed by atoms with van der Waals surface area (Å²) in [6, 6.07) is 0. The summed E-state index contributed by atoms with van der Waals surface area (Å²) in [7, 11) is 0. The number of guanidine groups is 1. The van der Waals surface area contributed by atoms with Gasteiger partial charge in [0.05, 0.1) is 11.6 Å². The molecule has 0 atom stereocenters. The van der Waals surface area contributed by atoms with Crippen LogP contribution in [0.1, 0.15) is 23.7 Å². The Kier molecular flexibility index (Phi) is 10.1. The van der Waals surface area contributed by atoms with Crippen molar-refractivity contribution in [3.8, 4) is 0 Å². The Bertz CT molecular complexity index is 558. The molecule has 1 N–H and O–H groups in total. The fraction of sp³-hybridized carbons (Fsp3) is 0.688. The molecule has 2 rings (SSSR count). The van der Waals surface area contributed by atoms with Crippen LogP contribution >= 0.6 is 35.3 Å². The predicted molar refractivity (Wildman–Crippen MR) is 112 cm³/mol. The Morgan fingerprint density at radius 3 is 2.56 bits per heavy atom. The van der Waals surface area contributed by atoms with Crippen molar-refractivity contribution in [2.24, 2.45) is 4.99 Å². The number of rotatable bonds is 5. The zero-order valence-electron chi connectivity index (χ0n) is 15.2. The number of carbonyl (C=O) groups excluding carboxylic acids is 1. The van der Waals surface area contributed by atoms with Crippen LogP contribution in [0.5, 0.6) is 0 Å². The van der Waals surface area contributed by atoms with E-state index in [9.17, 15) is 4.79 Å². The molecule has 0 aromatic carbocycles. The maximum Gasteiger partial charge on any atom is 0.409 e.